The number of hydrogen-bond donors (Lipinski definition) is 1. The van der Waals surface area contributed by atoms with Gasteiger partial charge in [-0.15, -0.1) is 0 Å². The van der Waals surface area contributed by atoms with Crippen molar-refractivity contribution >= 4 is 17.3 Å². The second-order valence-corrected chi connectivity index (χ2v) is 10.2. The number of nitrogens with zero attached hydrogens (tertiary/aromatic N) is 2. The van der Waals surface area contributed by atoms with Crippen molar-refractivity contribution in [2.24, 2.45) is 11.3 Å². The molecule has 1 N–H and O–H groups in total. The summed E-state index contributed by atoms with van der Waals surface area (Å²) >= 11 is 6.17. The van der Waals surface area contributed by atoms with E-state index in [0.717, 1.165) is 44.0 Å². The van der Waals surface area contributed by atoms with Crippen LogP contribution in [-0.4, -0.2) is 61.5 Å². The van der Waals surface area contributed by atoms with Crippen molar-refractivity contribution in [3.8, 4) is 0 Å². The average Bonchev–Trinajstić information content (AvgIpc) is 2.61. The summed E-state index contributed by atoms with van der Waals surface area (Å²) in [4.78, 5) is 4.74. The highest BCUT2D eigenvalue weighted by atomic mass is 35.5. The van der Waals surface area contributed by atoms with Crippen molar-refractivity contribution < 1.29 is 9.84 Å². The van der Waals surface area contributed by atoms with Crippen LogP contribution in [0.2, 0.25) is 5.02 Å². The first kappa shape index (κ1) is 21.9. The molecule has 2 fully saturated rings. The summed E-state index contributed by atoms with van der Waals surface area (Å²) in [6, 6.07) is 6.08. The molecular formula is C23H37ClN2O2. The Morgan fingerprint density at radius 2 is 1.93 bits per heavy atom. The number of aliphatic hydroxyl groups excluding tert-OH is 1. The third-order valence-corrected chi connectivity index (χ3v) is 6.46. The summed E-state index contributed by atoms with van der Waals surface area (Å²) in [6.45, 7) is 14.1. The van der Waals surface area contributed by atoms with Gasteiger partial charge >= 0.3 is 0 Å². The summed E-state index contributed by atoms with van der Waals surface area (Å²) in [5.41, 5.74) is 2.84. The number of piperazine rings is 1. The zero-order chi connectivity index (χ0) is 20.3. The van der Waals surface area contributed by atoms with Gasteiger partial charge in [0.2, 0.25) is 0 Å². The largest absolute Gasteiger partial charge is 0.389 e. The monoisotopic (exact) mass is 408 g/mol. The summed E-state index contributed by atoms with van der Waals surface area (Å²) in [6.07, 6.45) is 3.36. The molecular weight excluding hydrogens is 372 g/mol. The molecule has 2 aliphatic rings. The fourth-order valence-electron chi connectivity index (χ4n) is 5.08. The van der Waals surface area contributed by atoms with Crippen LogP contribution < -0.4 is 4.90 Å². The zero-order valence-corrected chi connectivity index (χ0v) is 18.7. The molecule has 0 spiro atoms. The van der Waals surface area contributed by atoms with Gasteiger partial charge in [0.15, 0.2) is 0 Å². The van der Waals surface area contributed by atoms with Crippen LogP contribution in [-0.2, 0) is 4.74 Å². The Morgan fingerprint density at radius 3 is 2.61 bits per heavy atom. The molecule has 1 aliphatic heterocycles. The molecule has 0 unspecified atom stereocenters. The maximum atomic E-state index is 10.5. The Hall–Kier alpha value is -0.810. The van der Waals surface area contributed by atoms with Crippen molar-refractivity contribution in [3.05, 3.63) is 28.8 Å². The van der Waals surface area contributed by atoms with Gasteiger partial charge < -0.3 is 14.7 Å². The van der Waals surface area contributed by atoms with Crippen LogP contribution in [0.25, 0.3) is 0 Å². The highest BCUT2D eigenvalue weighted by molar-refractivity contribution is 6.30. The van der Waals surface area contributed by atoms with E-state index in [2.05, 4.69) is 49.6 Å². The number of ether oxygens (including phenoxy) is 1. The van der Waals surface area contributed by atoms with Crippen LogP contribution in [0.4, 0.5) is 5.69 Å². The lowest BCUT2D eigenvalue weighted by Gasteiger charge is -2.39. The minimum Gasteiger partial charge on any atom is -0.389 e. The number of aliphatic hydroxyl groups is 1. The summed E-state index contributed by atoms with van der Waals surface area (Å²) in [5.74, 6) is 0.703. The SMILES string of the molecule is Cc1ccc(Cl)cc1N1CCN(C[C@@H](O)CO[C@H]2C[C@@H](C)CC(C)(C)C2)CC1. The fourth-order valence-corrected chi connectivity index (χ4v) is 5.24. The molecule has 4 nitrogen and oxygen atoms in total. The van der Waals surface area contributed by atoms with Crippen LogP contribution in [0.15, 0.2) is 18.2 Å². The number of benzene rings is 1. The lowest BCUT2D eigenvalue weighted by Crippen LogP contribution is -2.49. The number of β-amino-alcohol motifs (C(OH)–C–C–N with tert-alkyl or cyclic N) is 1. The molecule has 3 rings (SSSR count). The molecule has 158 valence electrons. The van der Waals surface area contributed by atoms with Gasteiger partial charge in [-0.25, -0.2) is 0 Å². The summed E-state index contributed by atoms with van der Waals surface area (Å²) in [7, 11) is 0. The topological polar surface area (TPSA) is 35.9 Å². The van der Waals surface area contributed by atoms with Crippen molar-refractivity contribution in [3.63, 3.8) is 0 Å². The van der Waals surface area contributed by atoms with Crippen molar-refractivity contribution in [1.82, 2.24) is 4.90 Å². The molecule has 1 saturated heterocycles. The van der Waals surface area contributed by atoms with Gasteiger partial charge in [-0.2, -0.15) is 0 Å². The van der Waals surface area contributed by atoms with E-state index >= 15 is 0 Å². The molecule has 1 aliphatic carbocycles. The number of anilines is 1. The zero-order valence-electron chi connectivity index (χ0n) is 18.0. The Bertz CT molecular complexity index is 643. The van der Waals surface area contributed by atoms with Crippen molar-refractivity contribution in [2.45, 2.75) is 59.2 Å². The Morgan fingerprint density at radius 1 is 1.21 bits per heavy atom. The van der Waals surface area contributed by atoms with E-state index in [9.17, 15) is 5.11 Å². The molecule has 0 bridgehead atoms. The molecule has 1 saturated carbocycles. The highest BCUT2D eigenvalue weighted by Crippen LogP contribution is 2.39. The van der Waals surface area contributed by atoms with Gasteiger partial charge in [0.25, 0.3) is 0 Å². The highest BCUT2D eigenvalue weighted by Gasteiger charge is 2.33. The second kappa shape index (κ2) is 9.34. The molecule has 0 aromatic heterocycles. The molecule has 1 aromatic carbocycles. The Balaban J connectivity index is 1.41. The maximum Gasteiger partial charge on any atom is 0.0900 e. The average molecular weight is 409 g/mol. The van der Waals surface area contributed by atoms with E-state index in [1.165, 1.54) is 17.7 Å². The molecule has 0 radical (unpaired) electrons. The molecule has 28 heavy (non-hydrogen) atoms. The van der Waals surface area contributed by atoms with Gasteiger partial charge in [0.05, 0.1) is 18.8 Å². The predicted octanol–water partition coefficient (Wildman–Crippen LogP) is 4.36. The third-order valence-electron chi connectivity index (χ3n) is 6.22. The van der Waals surface area contributed by atoms with Crippen molar-refractivity contribution in [2.75, 3.05) is 44.2 Å². The number of hydrogen-bond acceptors (Lipinski definition) is 4. The number of aryl methyl sites for hydroxylation is 1. The molecule has 1 heterocycles. The molecule has 5 heteroatoms. The fraction of sp³-hybridized carbons (Fsp3) is 0.739. The van der Waals surface area contributed by atoms with E-state index in [0.29, 0.717) is 24.5 Å². The standard InChI is InChI=1S/C23H37ClN2O2/c1-17-11-21(14-23(3,4)13-17)28-16-20(27)15-25-7-9-26(10-8-25)22-12-19(24)6-5-18(22)2/h5-6,12,17,20-21,27H,7-11,13-16H2,1-4H3/t17-,20-,21+/m1/s1. The molecule has 1 aromatic rings. The van der Waals surface area contributed by atoms with E-state index in [-0.39, 0.29) is 6.10 Å². The smallest absolute Gasteiger partial charge is 0.0900 e. The maximum absolute atomic E-state index is 10.5. The number of rotatable bonds is 6. The van der Waals surface area contributed by atoms with Crippen LogP contribution in [0.5, 0.6) is 0 Å². The quantitative estimate of drug-likeness (QED) is 0.758. The van der Waals surface area contributed by atoms with Gasteiger partial charge in [-0.3, -0.25) is 4.90 Å². The predicted molar refractivity (Wildman–Crippen MR) is 117 cm³/mol. The second-order valence-electron chi connectivity index (χ2n) is 9.74. The first-order valence-electron chi connectivity index (χ1n) is 10.7. The van der Waals surface area contributed by atoms with Gasteiger partial charge in [0, 0.05) is 43.4 Å². The Kier molecular flexibility index (Phi) is 7.30. The third kappa shape index (κ3) is 6.09. The summed E-state index contributed by atoms with van der Waals surface area (Å²) in [5, 5.41) is 11.3. The van der Waals surface area contributed by atoms with Gasteiger partial charge in [-0.1, -0.05) is 38.4 Å². The van der Waals surface area contributed by atoms with E-state index in [4.69, 9.17) is 16.3 Å². The number of halogens is 1. The van der Waals surface area contributed by atoms with E-state index in [1.807, 2.05) is 6.07 Å². The van der Waals surface area contributed by atoms with Crippen LogP contribution in [0.1, 0.15) is 45.6 Å². The van der Waals surface area contributed by atoms with Crippen molar-refractivity contribution in [1.29, 1.82) is 0 Å². The van der Waals surface area contributed by atoms with Crippen LogP contribution in [0, 0.1) is 18.3 Å². The normalized spacial score (nSPS) is 27.0. The minimum atomic E-state index is -0.417. The molecule has 3 atom stereocenters. The Labute approximate surface area is 175 Å². The molecule has 0 amide bonds. The van der Waals surface area contributed by atoms with Gasteiger partial charge in [-0.05, 0) is 55.2 Å². The van der Waals surface area contributed by atoms with Crippen LogP contribution >= 0.6 is 11.6 Å². The van der Waals surface area contributed by atoms with E-state index in [1.54, 1.807) is 0 Å². The minimum absolute atomic E-state index is 0.288. The van der Waals surface area contributed by atoms with Gasteiger partial charge in [0.1, 0.15) is 0 Å². The van der Waals surface area contributed by atoms with Crippen LogP contribution in [0.3, 0.4) is 0 Å². The summed E-state index contributed by atoms with van der Waals surface area (Å²) < 4.78 is 6.11. The first-order valence-corrected chi connectivity index (χ1v) is 11.1. The lowest BCUT2D eigenvalue weighted by atomic mass is 9.71. The first-order chi connectivity index (χ1) is 13.2. The lowest BCUT2D eigenvalue weighted by molar-refractivity contribution is -0.0615. The van der Waals surface area contributed by atoms with E-state index < -0.39 is 6.10 Å².